The maximum absolute atomic E-state index is 14.2. The van der Waals surface area contributed by atoms with Gasteiger partial charge in [-0.3, -0.25) is 19.3 Å². The van der Waals surface area contributed by atoms with E-state index in [1.807, 2.05) is 41.8 Å². The number of carbonyl (C=O) groups is 3. The quantitative estimate of drug-likeness (QED) is 0.729. The number of nitrogens with zero attached hydrogens (tertiary/aromatic N) is 3. The topological polar surface area (TPSA) is 73.0 Å². The zero-order valence-corrected chi connectivity index (χ0v) is 19.2. The maximum Gasteiger partial charge on any atom is 0.253 e. The molecule has 1 N–H and O–H groups in total. The Morgan fingerprint density at radius 3 is 2.66 bits per heavy atom. The molecule has 3 atom stereocenters. The SMILES string of the molecule is CC(C)C(=O)N1CCCNC(=O)[C@H]2C[C@@H]3CCCN3[C@@]23C(=O)N(CCC1)c1ccccc13. The van der Waals surface area contributed by atoms with Crippen LogP contribution in [-0.2, 0) is 19.9 Å². The molecule has 4 aliphatic rings. The summed E-state index contributed by atoms with van der Waals surface area (Å²) in [5.74, 6) is -0.285. The molecule has 1 aromatic carbocycles. The van der Waals surface area contributed by atoms with E-state index in [2.05, 4.69) is 16.3 Å². The Kier molecular flexibility index (Phi) is 5.48. The fourth-order valence-electron chi connectivity index (χ4n) is 6.50. The highest BCUT2D eigenvalue weighted by Gasteiger charge is 2.66. The lowest BCUT2D eigenvalue weighted by Crippen LogP contribution is -2.56. The molecule has 0 radical (unpaired) electrons. The van der Waals surface area contributed by atoms with Gasteiger partial charge in [0.15, 0.2) is 0 Å². The molecule has 4 aliphatic heterocycles. The molecule has 1 spiro atoms. The maximum atomic E-state index is 14.2. The van der Waals surface area contributed by atoms with Gasteiger partial charge in [-0.25, -0.2) is 0 Å². The van der Waals surface area contributed by atoms with E-state index >= 15 is 0 Å². The Hall–Kier alpha value is -2.41. The molecule has 32 heavy (non-hydrogen) atoms. The molecule has 3 saturated heterocycles. The van der Waals surface area contributed by atoms with Crippen molar-refractivity contribution in [2.24, 2.45) is 11.8 Å². The zero-order valence-electron chi connectivity index (χ0n) is 19.2. The fourth-order valence-corrected chi connectivity index (χ4v) is 6.50. The predicted molar refractivity (Wildman–Crippen MR) is 122 cm³/mol. The molecular weight excluding hydrogens is 404 g/mol. The number of hydrogen-bond donors (Lipinski definition) is 1. The van der Waals surface area contributed by atoms with Gasteiger partial charge < -0.3 is 15.1 Å². The van der Waals surface area contributed by atoms with Crippen LogP contribution in [0.25, 0.3) is 0 Å². The Labute approximate surface area is 190 Å². The monoisotopic (exact) mass is 438 g/mol. The lowest BCUT2D eigenvalue weighted by molar-refractivity contribution is -0.138. The molecule has 172 valence electrons. The average molecular weight is 439 g/mol. The second kappa shape index (κ2) is 8.18. The summed E-state index contributed by atoms with van der Waals surface area (Å²) in [7, 11) is 0. The van der Waals surface area contributed by atoms with Crippen LogP contribution in [0, 0.1) is 11.8 Å². The summed E-state index contributed by atoms with van der Waals surface area (Å²) in [5.41, 5.74) is 1.03. The summed E-state index contributed by atoms with van der Waals surface area (Å²) in [4.78, 5) is 46.5. The Bertz CT molecular complexity index is 932. The molecule has 1 aromatic rings. The van der Waals surface area contributed by atoms with E-state index < -0.39 is 5.54 Å². The van der Waals surface area contributed by atoms with Crippen molar-refractivity contribution in [3.8, 4) is 0 Å². The molecule has 3 fully saturated rings. The molecule has 7 heteroatoms. The average Bonchev–Trinajstić information content (AvgIpc) is 3.43. The van der Waals surface area contributed by atoms with E-state index in [0.29, 0.717) is 26.2 Å². The third-order valence-corrected chi connectivity index (χ3v) is 7.85. The number of carbonyl (C=O) groups excluding carboxylic acids is 3. The highest BCUT2D eigenvalue weighted by Crippen LogP contribution is 2.57. The Morgan fingerprint density at radius 1 is 1.06 bits per heavy atom. The molecule has 5 rings (SSSR count). The summed E-state index contributed by atoms with van der Waals surface area (Å²) >= 11 is 0. The van der Waals surface area contributed by atoms with Crippen LogP contribution in [0.15, 0.2) is 24.3 Å². The van der Waals surface area contributed by atoms with Gasteiger partial charge in [0.1, 0.15) is 5.54 Å². The van der Waals surface area contributed by atoms with Gasteiger partial charge in [0.2, 0.25) is 11.8 Å². The minimum Gasteiger partial charge on any atom is -0.356 e. The van der Waals surface area contributed by atoms with Crippen molar-refractivity contribution in [2.75, 3.05) is 37.6 Å². The molecule has 0 unspecified atom stereocenters. The second-order valence-electron chi connectivity index (χ2n) is 10.00. The third-order valence-electron chi connectivity index (χ3n) is 7.85. The van der Waals surface area contributed by atoms with Crippen molar-refractivity contribution < 1.29 is 14.4 Å². The molecule has 2 bridgehead atoms. The number of amides is 3. The van der Waals surface area contributed by atoms with Gasteiger partial charge >= 0.3 is 0 Å². The summed E-state index contributed by atoms with van der Waals surface area (Å²) in [5, 5.41) is 3.12. The van der Waals surface area contributed by atoms with E-state index in [1.54, 1.807) is 0 Å². The van der Waals surface area contributed by atoms with E-state index in [0.717, 1.165) is 49.9 Å². The number of benzene rings is 1. The number of rotatable bonds is 1. The summed E-state index contributed by atoms with van der Waals surface area (Å²) in [6, 6.07) is 8.32. The number of fused-ring (bicyclic) bond motifs is 4. The van der Waals surface area contributed by atoms with Crippen LogP contribution in [0.5, 0.6) is 0 Å². The van der Waals surface area contributed by atoms with Crippen molar-refractivity contribution in [1.82, 2.24) is 15.1 Å². The van der Waals surface area contributed by atoms with Crippen LogP contribution in [0.2, 0.25) is 0 Å². The van der Waals surface area contributed by atoms with Crippen LogP contribution in [0.4, 0.5) is 5.69 Å². The molecular formula is C25H34N4O3. The summed E-state index contributed by atoms with van der Waals surface area (Å²) < 4.78 is 0. The van der Waals surface area contributed by atoms with Crippen molar-refractivity contribution in [2.45, 2.75) is 57.5 Å². The molecule has 0 aromatic heterocycles. The zero-order chi connectivity index (χ0) is 22.5. The third kappa shape index (κ3) is 3.08. The highest BCUT2D eigenvalue weighted by atomic mass is 16.2. The molecule has 3 amide bonds. The smallest absolute Gasteiger partial charge is 0.253 e. The highest BCUT2D eigenvalue weighted by molar-refractivity contribution is 6.10. The minimum atomic E-state index is -0.886. The summed E-state index contributed by atoms with van der Waals surface area (Å²) in [6.45, 7) is 7.04. The first-order valence-electron chi connectivity index (χ1n) is 12.2. The van der Waals surface area contributed by atoms with E-state index in [-0.39, 0.29) is 35.6 Å². The largest absolute Gasteiger partial charge is 0.356 e. The molecule has 0 saturated carbocycles. The van der Waals surface area contributed by atoms with Crippen LogP contribution in [-0.4, -0.2) is 66.3 Å². The van der Waals surface area contributed by atoms with Gasteiger partial charge in [-0.05, 0) is 44.7 Å². The Morgan fingerprint density at radius 2 is 1.84 bits per heavy atom. The van der Waals surface area contributed by atoms with Crippen LogP contribution >= 0.6 is 0 Å². The van der Waals surface area contributed by atoms with E-state index in [9.17, 15) is 14.4 Å². The number of anilines is 1. The van der Waals surface area contributed by atoms with Crippen molar-refractivity contribution in [1.29, 1.82) is 0 Å². The van der Waals surface area contributed by atoms with Crippen LogP contribution in [0.1, 0.15) is 51.5 Å². The van der Waals surface area contributed by atoms with Gasteiger partial charge in [-0.2, -0.15) is 0 Å². The van der Waals surface area contributed by atoms with Crippen molar-refractivity contribution in [3.63, 3.8) is 0 Å². The van der Waals surface area contributed by atoms with Crippen molar-refractivity contribution >= 4 is 23.4 Å². The molecule has 0 aliphatic carbocycles. The first kappa shape index (κ1) is 21.4. The normalized spacial score (nSPS) is 30.8. The number of para-hydroxylation sites is 1. The first-order valence-corrected chi connectivity index (χ1v) is 12.2. The fraction of sp³-hybridized carbons (Fsp3) is 0.640. The standard InChI is InChI=1S/C25H34N4O3/c1-17(2)23(31)27-12-6-11-26-22(30)20-16-18-8-5-15-29(18)25(20)19-9-3-4-10-21(19)28(24(25)32)14-7-13-27/h3-4,9-10,17-18,20H,5-8,11-16H2,1-2H3,(H,26,30)/t18-,20+,25+/m0/s1. The minimum absolute atomic E-state index is 0.0228. The van der Waals surface area contributed by atoms with Crippen molar-refractivity contribution in [3.05, 3.63) is 29.8 Å². The van der Waals surface area contributed by atoms with Gasteiger partial charge in [0.25, 0.3) is 5.91 Å². The second-order valence-corrected chi connectivity index (χ2v) is 10.00. The first-order chi connectivity index (χ1) is 15.5. The summed E-state index contributed by atoms with van der Waals surface area (Å²) in [6.07, 6.45) is 4.31. The lowest BCUT2D eigenvalue weighted by atomic mass is 9.78. The number of nitrogens with one attached hydrogen (secondary N) is 1. The Balaban J connectivity index is 1.55. The van der Waals surface area contributed by atoms with Gasteiger partial charge in [-0.1, -0.05) is 32.0 Å². The lowest BCUT2D eigenvalue weighted by Gasteiger charge is -2.37. The number of hydrogen-bond acceptors (Lipinski definition) is 4. The molecule has 7 nitrogen and oxygen atoms in total. The predicted octanol–water partition coefficient (Wildman–Crippen LogP) is 2.11. The van der Waals surface area contributed by atoms with Gasteiger partial charge in [0.05, 0.1) is 5.92 Å². The van der Waals surface area contributed by atoms with Crippen LogP contribution in [0.3, 0.4) is 0 Å². The van der Waals surface area contributed by atoms with Gasteiger partial charge in [0, 0.05) is 49.4 Å². The van der Waals surface area contributed by atoms with E-state index in [4.69, 9.17) is 0 Å². The molecule has 4 heterocycles. The van der Waals surface area contributed by atoms with E-state index in [1.165, 1.54) is 0 Å². The van der Waals surface area contributed by atoms with Crippen LogP contribution < -0.4 is 10.2 Å². The van der Waals surface area contributed by atoms with Gasteiger partial charge in [-0.15, -0.1) is 0 Å².